The Morgan fingerprint density at radius 3 is 2.29 bits per heavy atom. The normalized spacial score (nSPS) is 12.5. The van der Waals surface area contributed by atoms with E-state index in [1.807, 2.05) is 45.9 Å². The molecule has 0 aliphatic heterocycles. The summed E-state index contributed by atoms with van der Waals surface area (Å²) < 4.78 is 15.6. The lowest BCUT2D eigenvalue weighted by Crippen LogP contribution is -2.42. The molecule has 0 radical (unpaired) electrons. The molecule has 0 saturated carbocycles. The second kappa shape index (κ2) is 7.17. The third kappa shape index (κ3) is 5.51. The lowest BCUT2D eigenvalue weighted by molar-refractivity contribution is 0.0489. The van der Waals surface area contributed by atoms with Crippen molar-refractivity contribution in [2.24, 2.45) is 0 Å². The first-order valence-electron chi connectivity index (χ1n) is 6.73. The summed E-state index contributed by atoms with van der Waals surface area (Å²) in [7, 11) is 3.17. The fourth-order valence-corrected chi connectivity index (χ4v) is 1.68. The average molecular weight is 296 g/mol. The number of methoxy groups -OCH3 is 2. The van der Waals surface area contributed by atoms with Crippen molar-refractivity contribution in [3.05, 3.63) is 23.8 Å². The molecule has 2 N–H and O–H groups in total. The maximum absolute atomic E-state index is 11.6. The molecule has 118 valence electrons. The highest BCUT2D eigenvalue weighted by Gasteiger charge is 2.17. The summed E-state index contributed by atoms with van der Waals surface area (Å²) in [6, 6.07) is 5.46. The van der Waals surface area contributed by atoms with Gasteiger partial charge in [-0.2, -0.15) is 0 Å². The molecule has 6 heteroatoms. The molecule has 0 aromatic heterocycles. The minimum Gasteiger partial charge on any atom is -0.493 e. The van der Waals surface area contributed by atoms with Crippen molar-refractivity contribution < 1.29 is 19.0 Å². The van der Waals surface area contributed by atoms with Gasteiger partial charge in [0, 0.05) is 6.04 Å². The molecule has 0 bridgehead atoms. The Bertz CT molecular complexity index is 483. The van der Waals surface area contributed by atoms with Crippen LogP contribution in [0.5, 0.6) is 11.5 Å². The van der Waals surface area contributed by atoms with E-state index >= 15 is 0 Å². The molecule has 1 amide bonds. The van der Waals surface area contributed by atoms with Gasteiger partial charge in [0.05, 0.1) is 14.2 Å². The molecule has 0 heterocycles. The lowest BCUT2D eigenvalue weighted by atomic mass is 10.1. The monoisotopic (exact) mass is 296 g/mol. The van der Waals surface area contributed by atoms with Crippen molar-refractivity contribution in [2.75, 3.05) is 14.2 Å². The fourth-order valence-electron chi connectivity index (χ4n) is 1.68. The van der Waals surface area contributed by atoms with Crippen LogP contribution in [0.4, 0.5) is 4.79 Å². The van der Waals surface area contributed by atoms with Crippen LogP contribution < -0.4 is 20.3 Å². The minimum absolute atomic E-state index is 0.114. The van der Waals surface area contributed by atoms with E-state index in [1.54, 1.807) is 14.2 Å². The summed E-state index contributed by atoms with van der Waals surface area (Å²) in [5.74, 6) is 1.30. The molecule has 0 saturated heterocycles. The molecule has 21 heavy (non-hydrogen) atoms. The number of amides is 1. The van der Waals surface area contributed by atoms with Crippen LogP contribution in [0.3, 0.4) is 0 Å². The van der Waals surface area contributed by atoms with E-state index in [9.17, 15) is 4.79 Å². The number of benzene rings is 1. The first kappa shape index (κ1) is 17.1. The van der Waals surface area contributed by atoms with Gasteiger partial charge in [-0.05, 0) is 45.4 Å². The Labute approximate surface area is 125 Å². The van der Waals surface area contributed by atoms with Crippen molar-refractivity contribution in [2.45, 2.75) is 39.3 Å². The molecule has 0 aliphatic rings. The maximum atomic E-state index is 11.6. The highest BCUT2D eigenvalue weighted by atomic mass is 16.6. The molecule has 1 aromatic rings. The summed E-state index contributed by atoms with van der Waals surface area (Å²) in [5.41, 5.74) is 5.83. The Morgan fingerprint density at radius 2 is 1.76 bits per heavy atom. The van der Waals surface area contributed by atoms with Gasteiger partial charge in [-0.3, -0.25) is 5.43 Å². The smallest absolute Gasteiger partial charge is 0.422 e. The van der Waals surface area contributed by atoms with Gasteiger partial charge in [0.25, 0.3) is 0 Å². The zero-order valence-electron chi connectivity index (χ0n) is 13.4. The van der Waals surface area contributed by atoms with E-state index < -0.39 is 11.7 Å². The number of ether oxygens (including phenoxy) is 3. The third-order valence-electron chi connectivity index (χ3n) is 2.70. The van der Waals surface area contributed by atoms with E-state index in [1.165, 1.54) is 0 Å². The molecule has 6 nitrogen and oxygen atoms in total. The molecule has 1 atom stereocenters. The summed E-state index contributed by atoms with van der Waals surface area (Å²) >= 11 is 0. The second-order valence-corrected chi connectivity index (χ2v) is 5.61. The van der Waals surface area contributed by atoms with E-state index in [0.717, 1.165) is 5.56 Å². The van der Waals surface area contributed by atoms with Crippen molar-refractivity contribution >= 4 is 6.09 Å². The molecule has 1 rings (SSSR count). The van der Waals surface area contributed by atoms with Gasteiger partial charge < -0.3 is 14.2 Å². The number of rotatable bonds is 5. The fraction of sp³-hybridized carbons (Fsp3) is 0.533. The van der Waals surface area contributed by atoms with Gasteiger partial charge in [-0.25, -0.2) is 10.2 Å². The zero-order chi connectivity index (χ0) is 16.0. The van der Waals surface area contributed by atoms with Crippen LogP contribution in [0.1, 0.15) is 39.3 Å². The van der Waals surface area contributed by atoms with Crippen LogP contribution >= 0.6 is 0 Å². The highest BCUT2D eigenvalue weighted by Crippen LogP contribution is 2.29. The summed E-state index contributed by atoms with van der Waals surface area (Å²) in [4.78, 5) is 11.6. The Hall–Kier alpha value is -1.95. The highest BCUT2D eigenvalue weighted by molar-refractivity contribution is 5.67. The number of hydrogen-bond acceptors (Lipinski definition) is 5. The van der Waals surface area contributed by atoms with Crippen LogP contribution in [0, 0.1) is 0 Å². The number of nitrogens with one attached hydrogen (secondary N) is 2. The van der Waals surface area contributed by atoms with Crippen molar-refractivity contribution in [1.82, 2.24) is 10.9 Å². The number of carbonyl (C=O) groups is 1. The van der Waals surface area contributed by atoms with Gasteiger partial charge >= 0.3 is 6.09 Å². The molecule has 0 aliphatic carbocycles. The van der Waals surface area contributed by atoms with Crippen molar-refractivity contribution in [3.63, 3.8) is 0 Å². The largest absolute Gasteiger partial charge is 0.493 e. The summed E-state index contributed by atoms with van der Waals surface area (Å²) in [6.45, 7) is 7.34. The van der Waals surface area contributed by atoms with Gasteiger partial charge in [0.2, 0.25) is 0 Å². The van der Waals surface area contributed by atoms with Crippen LogP contribution in [0.2, 0.25) is 0 Å². The zero-order valence-corrected chi connectivity index (χ0v) is 13.4. The van der Waals surface area contributed by atoms with Gasteiger partial charge in [0.1, 0.15) is 5.60 Å². The van der Waals surface area contributed by atoms with E-state index in [2.05, 4.69) is 10.9 Å². The van der Waals surface area contributed by atoms with Crippen LogP contribution in [-0.2, 0) is 4.74 Å². The third-order valence-corrected chi connectivity index (χ3v) is 2.70. The van der Waals surface area contributed by atoms with Gasteiger partial charge in [-0.15, -0.1) is 0 Å². The van der Waals surface area contributed by atoms with Gasteiger partial charge in [0.15, 0.2) is 11.5 Å². The van der Waals surface area contributed by atoms with E-state index in [4.69, 9.17) is 14.2 Å². The number of carbonyl (C=O) groups excluding carboxylic acids is 1. The Morgan fingerprint density at radius 1 is 1.14 bits per heavy atom. The maximum Gasteiger partial charge on any atom is 0.422 e. The van der Waals surface area contributed by atoms with E-state index in [-0.39, 0.29) is 6.04 Å². The van der Waals surface area contributed by atoms with Crippen molar-refractivity contribution in [3.8, 4) is 11.5 Å². The minimum atomic E-state index is -0.529. The van der Waals surface area contributed by atoms with Crippen LogP contribution in [0.15, 0.2) is 18.2 Å². The predicted octanol–water partition coefficient (Wildman–Crippen LogP) is 2.79. The molecule has 0 spiro atoms. The molecule has 1 aromatic carbocycles. The van der Waals surface area contributed by atoms with Crippen LogP contribution in [0.25, 0.3) is 0 Å². The second-order valence-electron chi connectivity index (χ2n) is 5.61. The molecule has 0 fully saturated rings. The molecule has 1 unspecified atom stereocenters. The van der Waals surface area contributed by atoms with Crippen molar-refractivity contribution in [1.29, 1.82) is 0 Å². The first-order valence-corrected chi connectivity index (χ1v) is 6.73. The average Bonchev–Trinajstić information content (AvgIpc) is 2.42. The summed E-state index contributed by atoms with van der Waals surface area (Å²) in [5, 5.41) is 0. The molecular weight excluding hydrogens is 272 g/mol. The SMILES string of the molecule is COc1ccc(C(C)NNC(=O)OC(C)(C)C)cc1OC. The topological polar surface area (TPSA) is 68.8 Å². The number of hydrogen-bond donors (Lipinski definition) is 2. The van der Waals surface area contributed by atoms with Gasteiger partial charge in [-0.1, -0.05) is 6.07 Å². The lowest BCUT2D eigenvalue weighted by Gasteiger charge is -2.21. The Balaban J connectivity index is 2.63. The number of hydrazine groups is 1. The van der Waals surface area contributed by atoms with E-state index in [0.29, 0.717) is 11.5 Å². The Kier molecular flexibility index (Phi) is 5.84. The summed E-state index contributed by atoms with van der Waals surface area (Å²) in [6.07, 6.45) is -0.519. The standard InChI is InChI=1S/C15H24N2O4/c1-10(16-17-14(18)21-15(2,3)4)11-7-8-12(19-5)13(9-11)20-6/h7-10,16H,1-6H3,(H,17,18). The van der Waals surface area contributed by atoms with Crippen LogP contribution in [-0.4, -0.2) is 25.9 Å². The first-order chi connectivity index (χ1) is 9.76. The quantitative estimate of drug-likeness (QED) is 0.818. The molecular formula is C15H24N2O4. The predicted molar refractivity (Wildman–Crippen MR) is 80.5 cm³/mol.